The second-order valence-corrected chi connectivity index (χ2v) is 8.88. The molecule has 4 heterocycles. The van der Waals surface area contributed by atoms with Gasteiger partial charge >= 0.3 is 0 Å². The van der Waals surface area contributed by atoms with Gasteiger partial charge in [-0.3, -0.25) is 9.69 Å². The summed E-state index contributed by atoms with van der Waals surface area (Å²) in [4.78, 5) is 21.8. The Hall–Kier alpha value is -3.19. The van der Waals surface area contributed by atoms with E-state index >= 15 is 0 Å². The Balaban J connectivity index is 1.52. The maximum atomic E-state index is 11.6. The molecule has 0 bridgehead atoms. The first-order chi connectivity index (χ1) is 14.9. The van der Waals surface area contributed by atoms with Crippen molar-refractivity contribution in [2.24, 2.45) is 0 Å². The number of nitrogens with zero attached hydrogens (tertiary/aromatic N) is 4. The van der Waals surface area contributed by atoms with Gasteiger partial charge in [0.15, 0.2) is 5.65 Å². The van der Waals surface area contributed by atoms with Crippen molar-refractivity contribution in [2.75, 3.05) is 26.7 Å². The predicted octanol–water partition coefficient (Wildman–Crippen LogP) is 3.45. The fourth-order valence-corrected chi connectivity index (χ4v) is 4.73. The van der Waals surface area contributed by atoms with E-state index in [0.717, 1.165) is 41.1 Å². The lowest BCUT2D eigenvalue weighted by molar-refractivity contribution is -0.122. The Kier molecular flexibility index (Phi) is 4.78. The summed E-state index contributed by atoms with van der Waals surface area (Å²) in [5.74, 6) is 0.920. The van der Waals surface area contributed by atoms with Crippen LogP contribution in [0.3, 0.4) is 0 Å². The molecule has 7 heteroatoms. The third kappa shape index (κ3) is 3.39. The zero-order chi connectivity index (χ0) is 21.7. The third-order valence-corrected chi connectivity index (χ3v) is 6.36. The smallest absolute Gasteiger partial charge is 0.233 e. The number of carbonyl (C=O) groups is 1. The number of likely N-dealkylation sites (tertiary alicyclic amines) is 1. The van der Waals surface area contributed by atoms with Gasteiger partial charge in [0.2, 0.25) is 5.91 Å². The Bertz CT molecular complexity index is 1280. The highest BCUT2D eigenvalue weighted by atomic mass is 16.1. The van der Waals surface area contributed by atoms with Gasteiger partial charge in [-0.2, -0.15) is 5.10 Å². The van der Waals surface area contributed by atoms with E-state index in [0.29, 0.717) is 18.4 Å². The SMILES string of the molecule is CNC(=O)CN1CC(c2ccc3[nH]c(-c4cc(C)c5ncnn5c4)c(C(C)C)c3c2)C1. The van der Waals surface area contributed by atoms with Crippen LogP contribution in [0.25, 0.3) is 27.8 Å². The predicted molar refractivity (Wildman–Crippen MR) is 122 cm³/mol. The summed E-state index contributed by atoms with van der Waals surface area (Å²) in [5, 5.41) is 8.32. The number of carbonyl (C=O) groups excluding carboxylic acids is 1. The summed E-state index contributed by atoms with van der Waals surface area (Å²) < 4.78 is 1.85. The quantitative estimate of drug-likeness (QED) is 0.522. The number of amides is 1. The number of aryl methyl sites for hydroxylation is 1. The van der Waals surface area contributed by atoms with Crippen molar-refractivity contribution in [3.05, 3.63) is 53.5 Å². The molecule has 7 nitrogen and oxygen atoms in total. The van der Waals surface area contributed by atoms with Gasteiger partial charge in [0, 0.05) is 48.7 Å². The monoisotopic (exact) mass is 416 g/mol. The van der Waals surface area contributed by atoms with E-state index in [1.165, 1.54) is 16.5 Å². The van der Waals surface area contributed by atoms with Crippen LogP contribution in [0.1, 0.15) is 42.4 Å². The lowest BCUT2D eigenvalue weighted by Crippen LogP contribution is -2.49. The van der Waals surface area contributed by atoms with Crippen molar-refractivity contribution in [3.63, 3.8) is 0 Å². The Morgan fingerprint density at radius 3 is 2.84 bits per heavy atom. The van der Waals surface area contributed by atoms with Crippen molar-refractivity contribution < 1.29 is 4.79 Å². The molecule has 0 saturated carbocycles. The van der Waals surface area contributed by atoms with E-state index in [4.69, 9.17) is 0 Å². The van der Waals surface area contributed by atoms with Crippen LogP contribution in [-0.2, 0) is 4.79 Å². The van der Waals surface area contributed by atoms with Crippen LogP contribution in [0.5, 0.6) is 0 Å². The van der Waals surface area contributed by atoms with E-state index in [1.807, 2.05) is 4.52 Å². The van der Waals surface area contributed by atoms with Crippen molar-refractivity contribution in [3.8, 4) is 11.3 Å². The van der Waals surface area contributed by atoms with Crippen LogP contribution < -0.4 is 5.32 Å². The zero-order valence-electron chi connectivity index (χ0n) is 18.4. The van der Waals surface area contributed by atoms with E-state index in [1.54, 1.807) is 13.4 Å². The summed E-state index contributed by atoms with van der Waals surface area (Å²) >= 11 is 0. The Labute approximate surface area is 181 Å². The number of aromatic nitrogens is 4. The number of hydrogen-bond donors (Lipinski definition) is 2. The molecule has 2 N–H and O–H groups in total. The molecule has 1 fully saturated rings. The second-order valence-electron chi connectivity index (χ2n) is 8.88. The molecule has 0 atom stereocenters. The van der Waals surface area contributed by atoms with Crippen LogP contribution in [-0.4, -0.2) is 57.1 Å². The number of fused-ring (bicyclic) bond motifs is 2. The molecule has 1 saturated heterocycles. The molecule has 3 aromatic heterocycles. The highest BCUT2D eigenvalue weighted by molar-refractivity contribution is 5.92. The van der Waals surface area contributed by atoms with Gasteiger partial charge in [0.1, 0.15) is 6.33 Å². The summed E-state index contributed by atoms with van der Waals surface area (Å²) in [6, 6.07) is 8.94. The molecule has 0 spiro atoms. The van der Waals surface area contributed by atoms with Gasteiger partial charge < -0.3 is 10.3 Å². The highest BCUT2D eigenvalue weighted by Gasteiger charge is 2.29. The van der Waals surface area contributed by atoms with E-state index in [2.05, 4.69) is 76.5 Å². The van der Waals surface area contributed by atoms with E-state index < -0.39 is 0 Å². The Morgan fingerprint density at radius 1 is 1.29 bits per heavy atom. The number of H-pyrrole nitrogens is 1. The maximum Gasteiger partial charge on any atom is 0.233 e. The fraction of sp³-hybridized carbons (Fsp3) is 0.375. The lowest BCUT2D eigenvalue weighted by Gasteiger charge is -2.39. The first-order valence-corrected chi connectivity index (χ1v) is 10.8. The summed E-state index contributed by atoms with van der Waals surface area (Å²) in [5.41, 5.74) is 8.10. The summed E-state index contributed by atoms with van der Waals surface area (Å²) in [6.45, 7) is 8.89. The van der Waals surface area contributed by atoms with Crippen molar-refractivity contribution in [2.45, 2.75) is 32.6 Å². The van der Waals surface area contributed by atoms with Gasteiger partial charge in [0.25, 0.3) is 0 Å². The molecular formula is C24H28N6O. The average molecular weight is 417 g/mol. The topological polar surface area (TPSA) is 78.3 Å². The minimum absolute atomic E-state index is 0.0749. The molecule has 31 heavy (non-hydrogen) atoms. The van der Waals surface area contributed by atoms with Gasteiger partial charge in [-0.15, -0.1) is 0 Å². The number of aromatic amines is 1. The molecule has 0 aliphatic carbocycles. The molecule has 160 valence electrons. The maximum absolute atomic E-state index is 11.6. The summed E-state index contributed by atoms with van der Waals surface area (Å²) in [6.07, 6.45) is 3.65. The van der Waals surface area contributed by atoms with E-state index in [-0.39, 0.29) is 5.91 Å². The number of hydrogen-bond acceptors (Lipinski definition) is 4. The number of benzene rings is 1. The fourth-order valence-electron chi connectivity index (χ4n) is 4.73. The van der Waals surface area contributed by atoms with Crippen LogP contribution >= 0.6 is 0 Å². The molecule has 1 aromatic carbocycles. The first-order valence-electron chi connectivity index (χ1n) is 10.8. The molecule has 4 aromatic rings. The van der Waals surface area contributed by atoms with Gasteiger partial charge in [-0.05, 0) is 47.7 Å². The van der Waals surface area contributed by atoms with Crippen LogP contribution in [0.4, 0.5) is 0 Å². The lowest BCUT2D eigenvalue weighted by atomic mass is 9.89. The Morgan fingerprint density at radius 2 is 2.10 bits per heavy atom. The first kappa shape index (κ1) is 19.8. The van der Waals surface area contributed by atoms with Crippen molar-refractivity contribution >= 4 is 22.5 Å². The molecule has 0 unspecified atom stereocenters. The number of nitrogens with one attached hydrogen (secondary N) is 2. The van der Waals surface area contributed by atoms with E-state index in [9.17, 15) is 4.79 Å². The molecule has 5 rings (SSSR count). The molecule has 0 radical (unpaired) electrons. The van der Waals surface area contributed by atoms with Crippen LogP contribution in [0.2, 0.25) is 0 Å². The van der Waals surface area contributed by atoms with Gasteiger partial charge in [-0.1, -0.05) is 19.9 Å². The minimum Gasteiger partial charge on any atom is -0.358 e. The number of pyridine rings is 1. The van der Waals surface area contributed by atoms with Gasteiger partial charge in [-0.25, -0.2) is 9.50 Å². The second kappa shape index (κ2) is 7.50. The zero-order valence-corrected chi connectivity index (χ0v) is 18.4. The van der Waals surface area contributed by atoms with Gasteiger partial charge in [0.05, 0.1) is 12.2 Å². The number of likely N-dealkylation sites (N-methyl/N-ethyl adjacent to an activating group) is 1. The largest absolute Gasteiger partial charge is 0.358 e. The standard InChI is InChI=1S/C24H28N6O/c1-14(2)22-19-8-16(18-9-29(10-18)12-21(31)25-4)5-6-20(19)28-23(22)17-7-15(3)24-26-13-27-30(24)11-17/h5-8,11,13-14,18,28H,9-10,12H2,1-4H3,(H,25,31). The van der Waals surface area contributed by atoms with Crippen LogP contribution in [0.15, 0.2) is 36.8 Å². The average Bonchev–Trinajstić information content (AvgIpc) is 3.34. The number of rotatable bonds is 5. The molecule has 1 aliphatic heterocycles. The summed E-state index contributed by atoms with van der Waals surface area (Å²) in [7, 11) is 1.69. The highest BCUT2D eigenvalue weighted by Crippen LogP contribution is 2.38. The van der Waals surface area contributed by atoms with Crippen LogP contribution in [0, 0.1) is 6.92 Å². The molecule has 1 aliphatic rings. The molecular weight excluding hydrogens is 388 g/mol. The normalized spacial score (nSPS) is 15.1. The van der Waals surface area contributed by atoms with Crippen molar-refractivity contribution in [1.82, 2.24) is 29.8 Å². The van der Waals surface area contributed by atoms with Crippen molar-refractivity contribution in [1.29, 1.82) is 0 Å². The molecule has 1 amide bonds. The third-order valence-electron chi connectivity index (χ3n) is 6.36. The minimum atomic E-state index is 0.0749.